The van der Waals surface area contributed by atoms with Gasteiger partial charge in [-0.1, -0.05) is 24.3 Å². The Kier molecular flexibility index (Phi) is 4.65. The molecule has 0 unspecified atom stereocenters. The molecular weight excluding hydrogens is 322 g/mol. The molecule has 3 aromatic rings. The first-order valence-corrected chi connectivity index (χ1v) is 9.12. The van der Waals surface area contributed by atoms with Crippen LogP contribution in [0.1, 0.15) is 12.0 Å². The van der Waals surface area contributed by atoms with Gasteiger partial charge in [0.05, 0.1) is 16.5 Å². The molecule has 0 radical (unpaired) electrons. The lowest BCUT2D eigenvalue weighted by atomic mass is 10.2. The average Bonchev–Trinajstić information content (AvgIpc) is 3.02. The lowest BCUT2D eigenvalue weighted by Crippen LogP contribution is -2.25. The van der Waals surface area contributed by atoms with Crippen LogP contribution < -0.4 is 4.72 Å². The second-order valence-electron chi connectivity index (χ2n) is 5.46. The van der Waals surface area contributed by atoms with Crippen molar-refractivity contribution in [2.45, 2.75) is 17.9 Å². The number of sulfonamides is 1. The molecule has 24 heavy (non-hydrogen) atoms. The van der Waals surface area contributed by atoms with E-state index < -0.39 is 10.0 Å². The highest BCUT2D eigenvalue weighted by Gasteiger charge is 2.13. The number of aromatic nitrogens is 1. The number of benzene rings is 2. The summed E-state index contributed by atoms with van der Waals surface area (Å²) in [5.74, 6) is 0. The minimum atomic E-state index is -3.59. The van der Waals surface area contributed by atoms with Crippen LogP contribution in [-0.2, 0) is 16.6 Å². The second kappa shape index (κ2) is 6.87. The van der Waals surface area contributed by atoms with Gasteiger partial charge in [-0.25, -0.2) is 13.1 Å². The van der Waals surface area contributed by atoms with Crippen molar-refractivity contribution in [2.75, 3.05) is 6.54 Å². The van der Waals surface area contributed by atoms with E-state index in [-0.39, 0.29) is 4.90 Å². The van der Waals surface area contributed by atoms with E-state index >= 15 is 0 Å². The summed E-state index contributed by atoms with van der Waals surface area (Å²) in [6.07, 6.45) is 2.69. The first-order chi connectivity index (χ1) is 11.6. The van der Waals surface area contributed by atoms with Crippen molar-refractivity contribution in [3.05, 3.63) is 66.4 Å². The number of rotatable bonds is 6. The molecule has 1 N–H and O–H groups in total. The predicted molar refractivity (Wildman–Crippen MR) is 92.9 cm³/mol. The number of fused-ring (bicyclic) bond motifs is 1. The summed E-state index contributed by atoms with van der Waals surface area (Å²) in [7, 11) is -3.59. The van der Waals surface area contributed by atoms with Crippen molar-refractivity contribution >= 4 is 20.9 Å². The van der Waals surface area contributed by atoms with Gasteiger partial charge >= 0.3 is 0 Å². The van der Waals surface area contributed by atoms with Crippen molar-refractivity contribution in [1.29, 1.82) is 5.26 Å². The molecule has 0 atom stereocenters. The molecule has 0 aliphatic heterocycles. The number of hydrogen-bond acceptors (Lipinski definition) is 3. The van der Waals surface area contributed by atoms with Gasteiger partial charge in [-0.15, -0.1) is 0 Å². The molecule has 122 valence electrons. The largest absolute Gasteiger partial charge is 0.347 e. The van der Waals surface area contributed by atoms with Crippen LogP contribution in [-0.4, -0.2) is 19.5 Å². The van der Waals surface area contributed by atoms with Gasteiger partial charge in [0.2, 0.25) is 10.0 Å². The molecule has 2 aromatic carbocycles. The number of hydrogen-bond donors (Lipinski definition) is 1. The molecule has 0 saturated heterocycles. The van der Waals surface area contributed by atoms with Gasteiger partial charge in [0, 0.05) is 24.8 Å². The van der Waals surface area contributed by atoms with E-state index in [0.29, 0.717) is 18.5 Å². The third-order valence-corrected chi connectivity index (χ3v) is 5.28. The lowest BCUT2D eigenvalue weighted by molar-refractivity contribution is 0.572. The molecule has 0 saturated carbocycles. The van der Waals surface area contributed by atoms with Crippen LogP contribution in [0.15, 0.2) is 65.7 Å². The van der Waals surface area contributed by atoms with Crippen LogP contribution in [0.25, 0.3) is 10.9 Å². The number of nitriles is 1. The van der Waals surface area contributed by atoms with Crippen molar-refractivity contribution in [2.24, 2.45) is 0 Å². The Balaban J connectivity index is 1.60. The fourth-order valence-electron chi connectivity index (χ4n) is 2.61. The Morgan fingerprint density at radius 1 is 1.08 bits per heavy atom. The molecule has 0 fully saturated rings. The summed E-state index contributed by atoms with van der Waals surface area (Å²) in [5, 5.41) is 10.0. The van der Waals surface area contributed by atoms with Crippen LogP contribution in [0.3, 0.4) is 0 Å². The van der Waals surface area contributed by atoms with E-state index in [0.717, 1.165) is 12.1 Å². The topological polar surface area (TPSA) is 74.9 Å². The maximum absolute atomic E-state index is 12.2. The first-order valence-electron chi connectivity index (χ1n) is 7.64. The molecule has 5 nitrogen and oxygen atoms in total. The van der Waals surface area contributed by atoms with Crippen LogP contribution in [0, 0.1) is 11.3 Å². The van der Waals surface area contributed by atoms with Gasteiger partial charge in [-0.2, -0.15) is 5.26 Å². The van der Waals surface area contributed by atoms with Gasteiger partial charge in [-0.05, 0) is 42.1 Å². The van der Waals surface area contributed by atoms with E-state index in [2.05, 4.69) is 15.4 Å². The molecule has 3 rings (SSSR count). The fraction of sp³-hybridized carbons (Fsp3) is 0.167. The highest BCUT2D eigenvalue weighted by atomic mass is 32.2. The molecule has 1 heterocycles. The summed E-state index contributed by atoms with van der Waals surface area (Å²) in [6, 6.07) is 18.1. The molecule has 0 bridgehead atoms. The minimum absolute atomic E-state index is 0.118. The van der Waals surface area contributed by atoms with E-state index in [1.54, 1.807) is 12.1 Å². The molecule has 0 aliphatic carbocycles. The van der Waals surface area contributed by atoms with Crippen LogP contribution in [0.4, 0.5) is 0 Å². The smallest absolute Gasteiger partial charge is 0.240 e. The fourth-order valence-corrected chi connectivity index (χ4v) is 3.73. The summed E-state index contributed by atoms with van der Waals surface area (Å²) in [4.78, 5) is 0.118. The molecule has 6 heteroatoms. The van der Waals surface area contributed by atoms with Crippen LogP contribution in [0.2, 0.25) is 0 Å². The van der Waals surface area contributed by atoms with E-state index in [1.807, 2.05) is 36.5 Å². The highest BCUT2D eigenvalue weighted by molar-refractivity contribution is 7.89. The Hall–Kier alpha value is -2.62. The molecular formula is C18H17N3O2S. The predicted octanol–water partition coefficient (Wildman–Crippen LogP) is 2.88. The minimum Gasteiger partial charge on any atom is -0.347 e. The zero-order chi connectivity index (χ0) is 17.0. The Morgan fingerprint density at radius 3 is 2.75 bits per heavy atom. The normalized spacial score (nSPS) is 11.5. The number of para-hydroxylation sites is 1. The van der Waals surface area contributed by atoms with Crippen LogP contribution >= 0.6 is 0 Å². The maximum atomic E-state index is 12.2. The average molecular weight is 339 g/mol. The third kappa shape index (κ3) is 3.48. The molecule has 0 amide bonds. The summed E-state index contributed by atoms with van der Waals surface area (Å²) in [6.45, 7) is 1.07. The van der Waals surface area contributed by atoms with E-state index in [1.165, 1.54) is 17.5 Å². The Bertz CT molecular complexity index is 1000. The molecule has 0 spiro atoms. The zero-order valence-corrected chi connectivity index (χ0v) is 13.8. The maximum Gasteiger partial charge on any atom is 0.240 e. The van der Waals surface area contributed by atoms with E-state index in [9.17, 15) is 8.42 Å². The van der Waals surface area contributed by atoms with Crippen molar-refractivity contribution < 1.29 is 8.42 Å². The number of nitrogens with one attached hydrogen (secondary N) is 1. The highest BCUT2D eigenvalue weighted by Crippen LogP contribution is 2.15. The number of aryl methyl sites for hydroxylation is 1. The van der Waals surface area contributed by atoms with Crippen molar-refractivity contribution in [3.8, 4) is 6.07 Å². The van der Waals surface area contributed by atoms with Gasteiger partial charge in [0.25, 0.3) is 0 Å². The first kappa shape index (κ1) is 16.2. The Morgan fingerprint density at radius 2 is 1.92 bits per heavy atom. The summed E-state index contributed by atoms with van der Waals surface area (Å²) >= 11 is 0. The van der Waals surface area contributed by atoms with Gasteiger partial charge in [0.15, 0.2) is 0 Å². The van der Waals surface area contributed by atoms with Gasteiger partial charge in [-0.3, -0.25) is 0 Å². The second-order valence-corrected chi connectivity index (χ2v) is 7.23. The van der Waals surface area contributed by atoms with Crippen LogP contribution in [0.5, 0.6) is 0 Å². The van der Waals surface area contributed by atoms with Gasteiger partial charge < -0.3 is 4.57 Å². The Labute approximate surface area is 141 Å². The monoisotopic (exact) mass is 339 g/mol. The quantitative estimate of drug-likeness (QED) is 0.702. The third-order valence-electron chi connectivity index (χ3n) is 3.82. The zero-order valence-electron chi connectivity index (χ0n) is 13.0. The SMILES string of the molecule is N#Cc1cccc(S(=O)(=O)NCCCn2ccc3ccccc32)c1. The number of nitrogens with zero attached hydrogens (tertiary/aromatic N) is 2. The van der Waals surface area contributed by atoms with E-state index in [4.69, 9.17) is 5.26 Å². The van der Waals surface area contributed by atoms with Crippen molar-refractivity contribution in [3.63, 3.8) is 0 Å². The molecule has 1 aromatic heterocycles. The lowest BCUT2D eigenvalue weighted by Gasteiger charge is -2.08. The standard InChI is InChI=1S/C18H17N3O2S/c19-14-15-5-3-7-17(13-15)24(22,23)20-10-4-11-21-12-9-16-6-1-2-8-18(16)21/h1-3,5-9,12-13,20H,4,10-11H2. The summed E-state index contributed by atoms with van der Waals surface area (Å²) < 4.78 is 29.2. The molecule has 0 aliphatic rings. The van der Waals surface area contributed by atoms with Crippen molar-refractivity contribution in [1.82, 2.24) is 9.29 Å². The van der Waals surface area contributed by atoms with Gasteiger partial charge in [0.1, 0.15) is 0 Å². The summed E-state index contributed by atoms with van der Waals surface area (Å²) in [5.41, 5.74) is 1.47.